The molecule has 4 nitrogen and oxygen atoms in total. The topological polar surface area (TPSA) is 50.5 Å². The van der Waals surface area contributed by atoms with Gasteiger partial charge < -0.3 is 20.7 Å². The maximum Gasteiger partial charge on any atom is 0.0726 e. The van der Waals surface area contributed by atoms with Crippen LogP contribution < -0.4 is 16.0 Å². The minimum absolute atomic E-state index is 0.300. The van der Waals surface area contributed by atoms with Gasteiger partial charge in [0.1, 0.15) is 0 Å². The fraction of sp³-hybridized carbons (Fsp3) is 0.684. The second-order valence-electron chi connectivity index (χ2n) is 7.37. The zero-order chi connectivity index (χ0) is 16.2. The Morgan fingerprint density at radius 3 is 2.26 bits per heavy atom. The van der Waals surface area contributed by atoms with E-state index in [1.165, 1.54) is 37.1 Å². The molecule has 1 aliphatic carbocycles. The Hall–Kier alpha value is -1.26. The molecule has 0 spiro atoms. The molecule has 4 heteroatoms. The first-order valence-electron chi connectivity index (χ1n) is 9.10. The lowest BCUT2D eigenvalue weighted by atomic mass is 9.86. The Balaban J connectivity index is 1.51. The van der Waals surface area contributed by atoms with Crippen molar-refractivity contribution >= 4 is 11.4 Å². The number of ether oxygens (including phenoxy) is 1. The average molecular weight is 317 g/mol. The van der Waals surface area contributed by atoms with Crippen LogP contribution in [-0.4, -0.2) is 37.9 Å². The second kappa shape index (κ2) is 7.54. The van der Waals surface area contributed by atoms with E-state index in [0.29, 0.717) is 18.2 Å². The summed E-state index contributed by atoms with van der Waals surface area (Å²) in [6.07, 6.45) is 5.48. The van der Waals surface area contributed by atoms with E-state index >= 15 is 0 Å². The van der Waals surface area contributed by atoms with Gasteiger partial charge in [-0.1, -0.05) is 0 Å². The van der Waals surface area contributed by atoms with E-state index in [1.807, 2.05) is 0 Å². The first-order chi connectivity index (χ1) is 11.1. The molecule has 1 saturated heterocycles. The number of rotatable bonds is 4. The third-order valence-electron chi connectivity index (χ3n) is 5.14. The van der Waals surface area contributed by atoms with Crippen LogP contribution in [0.1, 0.15) is 39.5 Å². The largest absolute Gasteiger partial charge is 0.385 e. The van der Waals surface area contributed by atoms with Gasteiger partial charge in [0.05, 0.1) is 12.2 Å². The molecule has 3 rings (SSSR count). The van der Waals surface area contributed by atoms with E-state index < -0.39 is 0 Å². The molecule has 1 aliphatic heterocycles. The number of hydrogen-bond donors (Lipinski definition) is 2. The molecular formula is C19H31N3O. The van der Waals surface area contributed by atoms with Crippen LogP contribution in [0, 0.1) is 5.92 Å². The molecule has 2 aliphatic rings. The minimum Gasteiger partial charge on any atom is -0.385 e. The first-order valence-corrected chi connectivity index (χ1v) is 9.10. The van der Waals surface area contributed by atoms with Gasteiger partial charge in [-0.25, -0.2) is 0 Å². The molecular weight excluding hydrogens is 286 g/mol. The maximum atomic E-state index is 5.98. The average Bonchev–Trinajstić information content (AvgIpc) is 2.54. The minimum atomic E-state index is 0.300. The maximum absolute atomic E-state index is 5.98. The number of morpholine rings is 1. The van der Waals surface area contributed by atoms with Crippen molar-refractivity contribution in [2.24, 2.45) is 11.7 Å². The van der Waals surface area contributed by atoms with Crippen molar-refractivity contribution in [1.29, 1.82) is 0 Å². The van der Waals surface area contributed by atoms with E-state index in [0.717, 1.165) is 25.6 Å². The summed E-state index contributed by atoms with van der Waals surface area (Å²) in [6, 6.07) is 9.29. The number of nitrogens with one attached hydrogen (secondary N) is 1. The summed E-state index contributed by atoms with van der Waals surface area (Å²) in [5.74, 6) is 0.774. The Labute approximate surface area is 140 Å². The fourth-order valence-corrected chi connectivity index (χ4v) is 3.83. The molecule has 1 heterocycles. The highest BCUT2D eigenvalue weighted by Crippen LogP contribution is 2.25. The Morgan fingerprint density at radius 1 is 1.04 bits per heavy atom. The van der Waals surface area contributed by atoms with Crippen molar-refractivity contribution in [2.75, 3.05) is 29.9 Å². The molecule has 0 amide bonds. The molecule has 2 fully saturated rings. The summed E-state index contributed by atoms with van der Waals surface area (Å²) < 4.78 is 5.81. The molecule has 0 aromatic heterocycles. The number of nitrogens with two attached hydrogens (primary N) is 1. The summed E-state index contributed by atoms with van der Waals surface area (Å²) in [7, 11) is 0. The van der Waals surface area contributed by atoms with E-state index in [-0.39, 0.29) is 0 Å². The Kier molecular flexibility index (Phi) is 5.44. The van der Waals surface area contributed by atoms with Crippen LogP contribution in [0.5, 0.6) is 0 Å². The van der Waals surface area contributed by atoms with Gasteiger partial charge in [0.15, 0.2) is 0 Å². The van der Waals surface area contributed by atoms with Gasteiger partial charge in [0.2, 0.25) is 0 Å². The van der Waals surface area contributed by atoms with Crippen molar-refractivity contribution in [1.82, 2.24) is 0 Å². The molecule has 2 atom stereocenters. The van der Waals surface area contributed by atoms with Gasteiger partial charge in [-0.3, -0.25) is 0 Å². The van der Waals surface area contributed by atoms with Gasteiger partial charge in [-0.2, -0.15) is 0 Å². The fourth-order valence-electron chi connectivity index (χ4n) is 3.83. The van der Waals surface area contributed by atoms with Gasteiger partial charge in [0.25, 0.3) is 0 Å². The van der Waals surface area contributed by atoms with Crippen molar-refractivity contribution in [3.8, 4) is 0 Å². The zero-order valence-electron chi connectivity index (χ0n) is 14.5. The highest BCUT2D eigenvalue weighted by atomic mass is 16.5. The number of anilines is 2. The van der Waals surface area contributed by atoms with Gasteiger partial charge >= 0.3 is 0 Å². The molecule has 0 bridgehead atoms. The highest BCUT2D eigenvalue weighted by molar-refractivity contribution is 5.55. The third-order valence-corrected chi connectivity index (χ3v) is 5.14. The number of nitrogens with zero attached hydrogens (tertiary/aromatic N) is 1. The highest BCUT2D eigenvalue weighted by Gasteiger charge is 2.22. The molecule has 2 unspecified atom stereocenters. The first kappa shape index (κ1) is 16.6. The summed E-state index contributed by atoms with van der Waals surface area (Å²) in [6.45, 7) is 7.31. The van der Waals surface area contributed by atoms with Crippen molar-refractivity contribution < 1.29 is 4.74 Å². The summed E-state index contributed by atoms with van der Waals surface area (Å²) >= 11 is 0. The molecule has 128 valence electrons. The van der Waals surface area contributed by atoms with E-state index in [1.54, 1.807) is 0 Å². The zero-order valence-corrected chi connectivity index (χ0v) is 14.5. The van der Waals surface area contributed by atoms with Crippen LogP contribution in [0.3, 0.4) is 0 Å². The van der Waals surface area contributed by atoms with Crippen LogP contribution in [0.25, 0.3) is 0 Å². The Bertz CT molecular complexity index is 472. The van der Waals surface area contributed by atoms with E-state index in [4.69, 9.17) is 10.5 Å². The van der Waals surface area contributed by atoms with Crippen molar-refractivity contribution in [3.63, 3.8) is 0 Å². The molecule has 0 radical (unpaired) electrons. The smallest absolute Gasteiger partial charge is 0.0726 e. The Morgan fingerprint density at radius 2 is 1.65 bits per heavy atom. The number of hydrogen-bond acceptors (Lipinski definition) is 4. The predicted octanol–water partition coefficient (Wildman–Crippen LogP) is 3.23. The van der Waals surface area contributed by atoms with E-state index in [9.17, 15) is 0 Å². The molecule has 1 saturated carbocycles. The normalized spacial score (nSPS) is 31.9. The third kappa shape index (κ3) is 4.61. The standard InChI is InChI=1S/C19H31N3O/c1-14-12-22(13-15(2)23-14)19-9-7-18(8-10-19)21-11-16-3-5-17(20)6-4-16/h7-10,14-17,21H,3-6,11-13,20H2,1-2H3/t14?,15?,16-,17-. The van der Waals surface area contributed by atoms with Crippen molar-refractivity contribution in [3.05, 3.63) is 24.3 Å². The van der Waals surface area contributed by atoms with Crippen LogP contribution >= 0.6 is 0 Å². The molecule has 3 N–H and O–H groups in total. The molecule has 1 aromatic carbocycles. The second-order valence-corrected chi connectivity index (χ2v) is 7.37. The lowest BCUT2D eigenvalue weighted by Gasteiger charge is -2.37. The lowest BCUT2D eigenvalue weighted by Crippen LogP contribution is -2.45. The quantitative estimate of drug-likeness (QED) is 0.895. The molecule has 1 aromatic rings. The van der Waals surface area contributed by atoms with Crippen LogP contribution in [0.15, 0.2) is 24.3 Å². The monoisotopic (exact) mass is 317 g/mol. The van der Waals surface area contributed by atoms with Crippen LogP contribution in [-0.2, 0) is 4.74 Å². The van der Waals surface area contributed by atoms with E-state index in [2.05, 4.69) is 48.3 Å². The van der Waals surface area contributed by atoms with Gasteiger partial charge in [0, 0.05) is 37.1 Å². The lowest BCUT2D eigenvalue weighted by molar-refractivity contribution is -0.00521. The summed E-state index contributed by atoms with van der Waals surface area (Å²) in [5.41, 5.74) is 8.49. The van der Waals surface area contributed by atoms with Crippen molar-refractivity contribution in [2.45, 2.75) is 57.8 Å². The predicted molar refractivity (Wildman–Crippen MR) is 97.1 cm³/mol. The SMILES string of the molecule is CC1CN(c2ccc(NC[C@H]3CC[C@H](N)CC3)cc2)CC(C)O1. The summed E-state index contributed by atoms with van der Waals surface area (Å²) in [5, 5.41) is 3.59. The number of benzene rings is 1. The van der Waals surface area contributed by atoms with Crippen LogP contribution in [0.2, 0.25) is 0 Å². The van der Waals surface area contributed by atoms with Gasteiger partial charge in [-0.15, -0.1) is 0 Å². The van der Waals surface area contributed by atoms with Crippen LogP contribution in [0.4, 0.5) is 11.4 Å². The molecule has 23 heavy (non-hydrogen) atoms. The summed E-state index contributed by atoms with van der Waals surface area (Å²) in [4.78, 5) is 2.42. The van der Waals surface area contributed by atoms with Gasteiger partial charge in [-0.05, 0) is 69.7 Å².